The molecule has 0 atom stereocenters. The van der Waals surface area contributed by atoms with Gasteiger partial charge in [-0.15, -0.1) is 0 Å². The zero-order chi connectivity index (χ0) is 18.1. The van der Waals surface area contributed by atoms with Gasteiger partial charge in [-0.2, -0.15) is 13.2 Å². The highest BCUT2D eigenvalue weighted by atomic mass is 19.4. The van der Waals surface area contributed by atoms with Gasteiger partial charge in [-0.25, -0.2) is 28.4 Å². The summed E-state index contributed by atoms with van der Waals surface area (Å²) in [5, 5.41) is 0. The van der Waals surface area contributed by atoms with Crippen molar-refractivity contribution < 1.29 is 26.7 Å². The summed E-state index contributed by atoms with van der Waals surface area (Å²) in [6, 6.07) is 1.92. The van der Waals surface area contributed by atoms with Crippen LogP contribution in [0.5, 0.6) is 0 Å². The molecule has 10 heteroatoms. The molecule has 0 aliphatic heterocycles. The number of aromatic nitrogens is 2. The van der Waals surface area contributed by atoms with Gasteiger partial charge in [-0.05, 0) is 24.6 Å². The topological polar surface area (TPSA) is 72.1 Å². The zero-order valence-corrected chi connectivity index (χ0v) is 12.2. The number of aryl methyl sites for hydroxylation is 1. The van der Waals surface area contributed by atoms with Gasteiger partial charge in [0.25, 0.3) is 0 Å². The third kappa shape index (κ3) is 3.42. The lowest BCUT2D eigenvalue weighted by atomic mass is 10.2. The lowest BCUT2D eigenvalue weighted by Crippen LogP contribution is -2.35. The summed E-state index contributed by atoms with van der Waals surface area (Å²) in [5.41, 5.74) is 2.70. The van der Waals surface area contributed by atoms with Crippen LogP contribution in [-0.2, 0) is 12.6 Å². The summed E-state index contributed by atoms with van der Waals surface area (Å²) in [6.45, 7) is 1.52. The first-order valence-electron chi connectivity index (χ1n) is 6.63. The number of carbonyl (C=O) groups excluding carboxylic acids is 1. The van der Waals surface area contributed by atoms with Crippen LogP contribution >= 0.6 is 0 Å². The third-order valence-corrected chi connectivity index (χ3v) is 3.00. The minimum atomic E-state index is -4.83. The first-order valence-corrected chi connectivity index (χ1v) is 6.63. The molecule has 1 aromatic heterocycles. The van der Waals surface area contributed by atoms with Crippen LogP contribution in [0, 0.1) is 11.6 Å². The Kier molecular flexibility index (Phi) is 4.67. The molecule has 128 valence electrons. The molecule has 0 unspecified atom stereocenters. The predicted molar refractivity (Wildman–Crippen MR) is 74.5 cm³/mol. The highest BCUT2D eigenvalue weighted by Crippen LogP contribution is 2.32. The summed E-state index contributed by atoms with van der Waals surface area (Å²) < 4.78 is 66.6. The summed E-state index contributed by atoms with van der Waals surface area (Å²) in [5.74, 6) is -3.26. The average Bonchev–Trinajstić information content (AvgIpc) is 2.49. The number of rotatable bonds is 3. The van der Waals surface area contributed by atoms with E-state index in [-0.39, 0.29) is 17.0 Å². The minimum Gasteiger partial charge on any atom is -0.351 e. The molecular weight excluding hydrogens is 335 g/mol. The first-order chi connectivity index (χ1) is 11.1. The molecule has 24 heavy (non-hydrogen) atoms. The SMILES string of the molecule is CCc1cc(C(F)(F)F)nc(N(C(N)=O)c2c(F)cccc2F)n1. The molecule has 0 fully saturated rings. The molecule has 0 bridgehead atoms. The van der Waals surface area contributed by atoms with Crippen molar-refractivity contribution in [3.05, 3.63) is 47.3 Å². The van der Waals surface area contributed by atoms with E-state index in [1.807, 2.05) is 0 Å². The van der Waals surface area contributed by atoms with Crippen molar-refractivity contribution in [1.29, 1.82) is 0 Å². The number of benzene rings is 1. The van der Waals surface area contributed by atoms with Gasteiger partial charge in [0.2, 0.25) is 5.95 Å². The maximum absolute atomic E-state index is 13.9. The number of primary amides is 1. The van der Waals surface area contributed by atoms with Gasteiger partial charge >= 0.3 is 12.2 Å². The lowest BCUT2D eigenvalue weighted by molar-refractivity contribution is -0.141. The molecule has 5 nitrogen and oxygen atoms in total. The van der Waals surface area contributed by atoms with Gasteiger partial charge in [-0.1, -0.05) is 13.0 Å². The standard InChI is InChI=1S/C14H11F5N4O/c1-2-7-6-10(14(17,18)19)22-13(21-7)23(12(20)24)11-8(15)4-3-5-9(11)16/h3-6H,2H2,1H3,(H2,20,24). The van der Waals surface area contributed by atoms with Gasteiger partial charge in [0.1, 0.15) is 23.0 Å². The van der Waals surface area contributed by atoms with E-state index >= 15 is 0 Å². The molecule has 0 saturated carbocycles. The van der Waals surface area contributed by atoms with Crippen molar-refractivity contribution in [1.82, 2.24) is 9.97 Å². The number of carbonyl (C=O) groups is 1. The second-order valence-corrected chi connectivity index (χ2v) is 4.64. The molecule has 2 N–H and O–H groups in total. The van der Waals surface area contributed by atoms with Crippen molar-refractivity contribution in [2.45, 2.75) is 19.5 Å². The number of halogens is 5. The van der Waals surface area contributed by atoms with Crippen LogP contribution in [0.4, 0.5) is 38.4 Å². The first kappa shape index (κ1) is 17.6. The summed E-state index contributed by atoms with van der Waals surface area (Å²) in [6.07, 6.45) is -4.76. The molecule has 0 radical (unpaired) electrons. The van der Waals surface area contributed by atoms with Crippen LogP contribution in [0.1, 0.15) is 18.3 Å². The number of nitrogens with zero attached hydrogens (tertiary/aromatic N) is 3. The van der Waals surface area contributed by atoms with E-state index < -0.39 is 41.2 Å². The number of anilines is 2. The van der Waals surface area contributed by atoms with E-state index in [4.69, 9.17) is 5.73 Å². The van der Waals surface area contributed by atoms with Crippen molar-refractivity contribution in [2.24, 2.45) is 5.73 Å². The molecule has 0 aliphatic carbocycles. The molecule has 0 aliphatic rings. The highest BCUT2D eigenvalue weighted by molar-refractivity contribution is 5.96. The lowest BCUT2D eigenvalue weighted by Gasteiger charge is -2.21. The van der Waals surface area contributed by atoms with Crippen LogP contribution in [-0.4, -0.2) is 16.0 Å². The Labute approximate surface area is 132 Å². The summed E-state index contributed by atoms with van der Waals surface area (Å²) in [7, 11) is 0. The van der Waals surface area contributed by atoms with Crippen molar-refractivity contribution in [3.63, 3.8) is 0 Å². The van der Waals surface area contributed by atoms with Crippen LogP contribution < -0.4 is 10.6 Å². The van der Waals surface area contributed by atoms with E-state index in [1.165, 1.54) is 6.92 Å². The molecule has 0 spiro atoms. The number of amides is 2. The molecule has 2 amide bonds. The van der Waals surface area contributed by atoms with Crippen LogP contribution in [0.3, 0.4) is 0 Å². The van der Waals surface area contributed by atoms with Gasteiger partial charge in [0, 0.05) is 5.69 Å². The zero-order valence-electron chi connectivity index (χ0n) is 12.2. The maximum Gasteiger partial charge on any atom is 0.433 e. The average molecular weight is 346 g/mol. The number of hydrogen-bond donors (Lipinski definition) is 1. The van der Waals surface area contributed by atoms with E-state index in [2.05, 4.69) is 9.97 Å². The number of para-hydroxylation sites is 1. The fourth-order valence-corrected chi connectivity index (χ4v) is 1.92. The number of hydrogen-bond acceptors (Lipinski definition) is 3. The van der Waals surface area contributed by atoms with Gasteiger partial charge in [0.05, 0.1) is 0 Å². The second kappa shape index (κ2) is 6.38. The highest BCUT2D eigenvalue weighted by Gasteiger charge is 2.35. The fourth-order valence-electron chi connectivity index (χ4n) is 1.92. The van der Waals surface area contributed by atoms with Crippen LogP contribution in [0.15, 0.2) is 24.3 Å². The molecule has 0 saturated heterocycles. The smallest absolute Gasteiger partial charge is 0.351 e. The Morgan fingerprint density at radius 1 is 1.21 bits per heavy atom. The van der Waals surface area contributed by atoms with E-state index in [0.29, 0.717) is 6.07 Å². The van der Waals surface area contributed by atoms with Gasteiger partial charge < -0.3 is 5.73 Å². The predicted octanol–water partition coefficient (Wildman–Crippen LogP) is 3.55. The van der Waals surface area contributed by atoms with E-state index in [9.17, 15) is 26.7 Å². The number of alkyl halides is 3. The maximum atomic E-state index is 13.9. The summed E-state index contributed by atoms with van der Waals surface area (Å²) in [4.78, 5) is 18.7. The Bertz CT molecular complexity index is 758. The molecule has 2 rings (SSSR count). The second-order valence-electron chi connectivity index (χ2n) is 4.64. The third-order valence-electron chi connectivity index (χ3n) is 3.00. The normalized spacial score (nSPS) is 11.4. The van der Waals surface area contributed by atoms with Gasteiger partial charge in [0.15, 0.2) is 0 Å². The van der Waals surface area contributed by atoms with Crippen LogP contribution in [0.25, 0.3) is 0 Å². The Morgan fingerprint density at radius 3 is 2.25 bits per heavy atom. The Morgan fingerprint density at radius 2 is 1.79 bits per heavy atom. The largest absolute Gasteiger partial charge is 0.433 e. The summed E-state index contributed by atoms with van der Waals surface area (Å²) >= 11 is 0. The molecule has 2 aromatic rings. The van der Waals surface area contributed by atoms with E-state index in [1.54, 1.807) is 0 Å². The quantitative estimate of drug-likeness (QED) is 0.864. The van der Waals surface area contributed by atoms with E-state index in [0.717, 1.165) is 18.2 Å². The molecular formula is C14H11F5N4O. The van der Waals surface area contributed by atoms with Crippen molar-refractivity contribution in [3.8, 4) is 0 Å². The van der Waals surface area contributed by atoms with Gasteiger partial charge in [-0.3, -0.25) is 0 Å². The van der Waals surface area contributed by atoms with Crippen LogP contribution in [0.2, 0.25) is 0 Å². The molecule has 1 aromatic carbocycles. The fraction of sp³-hybridized carbons (Fsp3) is 0.214. The number of nitrogens with two attached hydrogens (primary N) is 1. The monoisotopic (exact) mass is 346 g/mol. The Balaban J connectivity index is 2.71. The number of urea groups is 1. The molecule has 1 heterocycles. The van der Waals surface area contributed by atoms with Crippen molar-refractivity contribution in [2.75, 3.05) is 4.90 Å². The van der Waals surface area contributed by atoms with Crippen molar-refractivity contribution >= 4 is 17.7 Å². The Hall–Kier alpha value is -2.78. The minimum absolute atomic E-state index is 0.0738.